The Kier molecular flexibility index (Phi) is 4.70. The van der Waals surface area contributed by atoms with Gasteiger partial charge in [0, 0.05) is 18.1 Å². The van der Waals surface area contributed by atoms with Crippen molar-refractivity contribution in [3.05, 3.63) is 5.82 Å². The summed E-state index contributed by atoms with van der Waals surface area (Å²) >= 11 is 1.22. The smallest absolute Gasteiger partial charge is 0.313 e. The lowest BCUT2D eigenvalue weighted by Crippen LogP contribution is -2.29. The Hall–Kier alpha value is -1.08. The van der Waals surface area contributed by atoms with Crippen LogP contribution in [0.25, 0.3) is 0 Å². The minimum absolute atomic E-state index is 0.00458. The lowest BCUT2D eigenvalue weighted by atomic mass is 9.99. The number of aromatic nitrogens is 3. The predicted octanol–water partition coefficient (Wildman–Crippen LogP) is 2.10. The summed E-state index contributed by atoms with van der Waals surface area (Å²) in [5.41, 5.74) is -0.183. The number of carboxylic acids is 1. The van der Waals surface area contributed by atoms with Crippen molar-refractivity contribution in [2.24, 2.45) is 0 Å². The molecule has 1 atom stereocenters. The Labute approximate surface area is 122 Å². The van der Waals surface area contributed by atoms with Crippen LogP contribution in [0.5, 0.6) is 0 Å². The number of rotatable bonds is 4. The van der Waals surface area contributed by atoms with Crippen LogP contribution < -0.4 is 0 Å². The second-order valence-electron chi connectivity index (χ2n) is 5.94. The maximum Gasteiger partial charge on any atom is 0.313 e. The first-order chi connectivity index (χ1) is 9.39. The SMILES string of the molecule is CC(C)(C)n1c(SCC(=O)O)nnc1C1CCCOC1. The molecule has 20 heavy (non-hydrogen) atoms. The predicted molar refractivity (Wildman–Crippen MR) is 76.2 cm³/mol. The van der Waals surface area contributed by atoms with Crippen molar-refractivity contribution in [3.63, 3.8) is 0 Å². The summed E-state index contributed by atoms with van der Waals surface area (Å²) in [7, 11) is 0. The highest BCUT2D eigenvalue weighted by Gasteiger charge is 2.29. The Morgan fingerprint density at radius 3 is 2.80 bits per heavy atom. The van der Waals surface area contributed by atoms with Crippen LogP contribution in [-0.4, -0.2) is 44.8 Å². The van der Waals surface area contributed by atoms with E-state index in [-0.39, 0.29) is 17.2 Å². The van der Waals surface area contributed by atoms with Gasteiger partial charge in [-0.15, -0.1) is 10.2 Å². The van der Waals surface area contributed by atoms with Crippen LogP contribution >= 0.6 is 11.8 Å². The molecular weight excluding hydrogens is 278 g/mol. The zero-order valence-electron chi connectivity index (χ0n) is 12.1. The van der Waals surface area contributed by atoms with E-state index in [0.29, 0.717) is 11.8 Å². The highest BCUT2D eigenvalue weighted by Crippen LogP contribution is 2.32. The van der Waals surface area contributed by atoms with Crippen LogP contribution in [0.1, 0.15) is 45.4 Å². The molecular formula is C13H21N3O3S. The van der Waals surface area contributed by atoms with E-state index < -0.39 is 5.97 Å². The molecule has 2 rings (SSSR count). The molecule has 1 aromatic heterocycles. The summed E-state index contributed by atoms with van der Waals surface area (Å²) in [6.07, 6.45) is 2.07. The molecule has 0 radical (unpaired) electrons. The standard InChI is InChI=1S/C13H21N3O3S/c1-13(2,3)16-11(9-5-4-6-19-7-9)14-15-12(16)20-8-10(17)18/h9H,4-8H2,1-3H3,(H,17,18). The number of ether oxygens (including phenoxy) is 1. The number of hydrogen-bond donors (Lipinski definition) is 1. The zero-order chi connectivity index (χ0) is 14.8. The van der Waals surface area contributed by atoms with Gasteiger partial charge in [0.15, 0.2) is 5.16 Å². The summed E-state index contributed by atoms with van der Waals surface area (Å²) in [5, 5.41) is 18.0. The van der Waals surface area contributed by atoms with Crippen molar-refractivity contribution in [1.29, 1.82) is 0 Å². The maximum atomic E-state index is 10.7. The molecule has 1 fully saturated rings. The molecule has 1 aliphatic heterocycles. The summed E-state index contributed by atoms with van der Waals surface area (Å²) in [6.45, 7) is 7.70. The van der Waals surface area contributed by atoms with Crippen LogP contribution in [-0.2, 0) is 15.1 Å². The quantitative estimate of drug-likeness (QED) is 0.858. The molecule has 0 aromatic carbocycles. The van der Waals surface area contributed by atoms with Gasteiger partial charge in [-0.25, -0.2) is 0 Å². The van der Waals surface area contributed by atoms with Gasteiger partial charge in [-0.3, -0.25) is 4.79 Å². The molecule has 0 spiro atoms. The van der Waals surface area contributed by atoms with Crippen molar-refractivity contribution in [2.45, 2.75) is 50.2 Å². The molecule has 0 aliphatic carbocycles. The summed E-state index contributed by atoms with van der Waals surface area (Å²) in [5.74, 6) is 0.302. The molecule has 0 amide bonds. The van der Waals surface area contributed by atoms with Crippen LogP contribution in [0.2, 0.25) is 0 Å². The summed E-state index contributed by atoms with van der Waals surface area (Å²) in [4.78, 5) is 10.7. The zero-order valence-corrected chi connectivity index (χ0v) is 12.9. The monoisotopic (exact) mass is 299 g/mol. The van der Waals surface area contributed by atoms with Gasteiger partial charge in [0.05, 0.1) is 12.4 Å². The molecule has 112 valence electrons. The molecule has 1 unspecified atom stereocenters. The Morgan fingerprint density at radius 2 is 2.25 bits per heavy atom. The molecule has 0 bridgehead atoms. The third-order valence-corrected chi connectivity index (χ3v) is 4.09. The molecule has 1 N–H and O–H groups in total. The fourth-order valence-electron chi connectivity index (χ4n) is 2.34. The highest BCUT2D eigenvalue weighted by atomic mass is 32.2. The Morgan fingerprint density at radius 1 is 1.50 bits per heavy atom. The van der Waals surface area contributed by atoms with Gasteiger partial charge in [-0.2, -0.15) is 0 Å². The van der Waals surface area contributed by atoms with Crippen molar-refractivity contribution >= 4 is 17.7 Å². The number of thioether (sulfide) groups is 1. The highest BCUT2D eigenvalue weighted by molar-refractivity contribution is 7.99. The van der Waals surface area contributed by atoms with Gasteiger partial charge in [0.25, 0.3) is 0 Å². The van der Waals surface area contributed by atoms with Gasteiger partial charge in [0.1, 0.15) is 5.82 Å². The minimum Gasteiger partial charge on any atom is -0.481 e. The number of aliphatic carboxylic acids is 1. The summed E-state index contributed by atoms with van der Waals surface area (Å²) in [6, 6.07) is 0. The van der Waals surface area contributed by atoms with E-state index in [9.17, 15) is 4.79 Å². The van der Waals surface area contributed by atoms with E-state index >= 15 is 0 Å². The molecule has 1 saturated heterocycles. The largest absolute Gasteiger partial charge is 0.481 e. The fraction of sp³-hybridized carbons (Fsp3) is 0.769. The van der Waals surface area contributed by atoms with Gasteiger partial charge < -0.3 is 14.4 Å². The van der Waals surface area contributed by atoms with Crippen LogP contribution in [0, 0.1) is 0 Å². The number of nitrogens with zero attached hydrogens (tertiary/aromatic N) is 3. The first kappa shape index (κ1) is 15.3. The van der Waals surface area contributed by atoms with Crippen LogP contribution in [0.15, 0.2) is 5.16 Å². The molecule has 2 heterocycles. The van der Waals surface area contributed by atoms with Crippen molar-refractivity contribution in [2.75, 3.05) is 19.0 Å². The van der Waals surface area contributed by atoms with Crippen LogP contribution in [0.3, 0.4) is 0 Å². The summed E-state index contributed by atoms with van der Waals surface area (Å²) < 4.78 is 7.59. The second-order valence-corrected chi connectivity index (χ2v) is 6.89. The molecule has 1 aromatic rings. The third kappa shape index (κ3) is 3.52. The van der Waals surface area contributed by atoms with E-state index in [4.69, 9.17) is 9.84 Å². The van der Waals surface area contributed by atoms with E-state index in [1.807, 2.05) is 0 Å². The topological polar surface area (TPSA) is 77.2 Å². The Bertz CT molecular complexity index is 476. The molecule has 0 saturated carbocycles. The van der Waals surface area contributed by atoms with E-state index in [2.05, 4.69) is 35.5 Å². The van der Waals surface area contributed by atoms with Gasteiger partial charge >= 0.3 is 5.97 Å². The number of carbonyl (C=O) groups is 1. The first-order valence-corrected chi connectivity index (χ1v) is 7.76. The average molecular weight is 299 g/mol. The number of hydrogen-bond acceptors (Lipinski definition) is 5. The lowest BCUT2D eigenvalue weighted by molar-refractivity contribution is -0.133. The second kappa shape index (κ2) is 6.13. The Balaban J connectivity index is 2.29. The first-order valence-electron chi connectivity index (χ1n) is 6.77. The normalized spacial score (nSPS) is 20.1. The van der Waals surface area contributed by atoms with Gasteiger partial charge in [0.2, 0.25) is 0 Å². The number of carboxylic acid groups (broad SMARTS) is 1. The van der Waals surface area contributed by atoms with Gasteiger partial charge in [-0.1, -0.05) is 11.8 Å². The van der Waals surface area contributed by atoms with E-state index in [1.54, 1.807) is 0 Å². The third-order valence-electron chi connectivity index (χ3n) is 3.18. The van der Waals surface area contributed by atoms with Crippen molar-refractivity contribution in [1.82, 2.24) is 14.8 Å². The molecule has 7 heteroatoms. The van der Waals surface area contributed by atoms with Crippen molar-refractivity contribution in [3.8, 4) is 0 Å². The molecule has 1 aliphatic rings. The fourth-order valence-corrected chi connectivity index (χ4v) is 3.19. The van der Waals surface area contributed by atoms with E-state index in [1.165, 1.54) is 11.8 Å². The average Bonchev–Trinajstić information content (AvgIpc) is 2.81. The van der Waals surface area contributed by atoms with Gasteiger partial charge in [-0.05, 0) is 33.6 Å². The minimum atomic E-state index is -0.846. The maximum absolute atomic E-state index is 10.7. The lowest BCUT2D eigenvalue weighted by Gasteiger charge is -2.29. The van der Waals surface area contributed by atoms with E-state index in [0.717, 1.165) is 25.3 Å². The van der Waals surface area contributed by atoms with Crippen LogP contribution in [0.4, 0.5) is 0 Å². The van der Waals surface area contributed by atoms with Crippen molar-refractivity contribution < 1.29 is 14.6 Å². The molecule has 6 nitrogen and oxygen atoms in total.